The molecule has 0 N–H and O–H groups in total. The first-order valence-corrected chi connectivity index (χ1v) is 21.3. The van der Waals surface area contributed by atoms with Crippen molar-refractivity contribution in [3.63, 3.8) is 0 Å². The van der Waals surface area contributed by atoms with E-state index < -0.39 is 11.7 Å². The van der Waals surface area contributed by atoms with Gasteiger partial charge in [0.05, 0.1) is 55.7 Å². The fourth-order valence-corrected chi connectivity index (χ4v) is 10.4. The number of benzene rings is 9. The number of nitrogens with zero attached hydrogens (tertiary/aromatic N) is 3. The summed E-state index contributed by atoms with van der Waals surface area (Å²) >= 11 is 0. The maximum Gasteiger partial charge on any atom is 0.417 e. The lowest BCUT2D eigenvalue weighted by Crippen LogP contribution is -2.09. The topological polar surface area (TPSA) is 59.9 Å². The fraction of sp³-hybridized carbons (Fsp3) is 0.0351. The molecule has 13 aromatic rings. The number of rotatable bonds is 4. The van der Waals surface area contributed by atoms with Crippen molar-refractivity contribution >= 4 is 87.5 Å². The van der Waals surface area contributed by atoms with Crippen LogP contribution in [0, 0.1) is 18.3 Å². The molecule has 13 rings (SSSR count). The first-order chi connectivity index (χ1) is 31.8. The molecule has 0 aliphatic carbocycles. The second-order valence-corrected chi connectivity index (χ2v) is 16.6. The largest absolute Gasteiger partial charge is 0.455 e. The van der Waals surface area contributed by atoms with Gasteiger partial charge in [-0.25, -0.2) is 0 Å². The predicted molar refractivity (Wildman–Crippen MR) is 255 cm³/mol. The van der Waals surface area contributed by atoms with Crippen LogP contribution >= 0.6 is 0 Å². The van der Waals surface area contributed by atoms with Gasteiger partial charge in [-0.15, -0.1) is 0 Å². The lowest BCUT2D eigenvalue weighted by Gasteiger charge is -2.22. The van der Waals surface area contributed by atoms with Gasteiger partial charge >= 0.3 is 6.18 Å². The summed E-state index contributed by atoms with van der Waals surface area (Å²) in [5.41, 5.74) is 9.69. The van der Waals surface area contributed by atoms with Crippen molar-refractivity contribution in [2.75, 3.05) is 0 Å². The van der Waals surface area contributed by atoms with Crippen molar-refractivity contribution in [1.29, 1.82) is 5.26 Å². The smallest absolute Gasteiger partial charge is 0.417 e. The molecule has 0 spiro atoms. The number of nitriles is 1. The van der Waals surface area contributed by atoms with E-state index >= 15 is 13.2 Å². The standard InChI is InChI=1S/C57H32F3N3O2/c1-32-11-10-16-44(57(58,59)60)52(32)37-23-22-34(62-45-17-6-2-14-40(45)53-48(62)27-24-38-35-12-4-8-19-50(35)64-55(38)53)30-42(37)43-29-33(31-61)21-26-47(43)63-46-18-7-3-15-41(46)54-49(63)28-25-39-36-13-5-9-20-51(36)65-56(39)54/h2-30H,1H3. The first-order valence-electron chi connectivity index (χ1n) is 21.3. The zero-order valence-corrected chi connectivity index (χ0v) is 34.5. The summed E-state index contributed by atoms with van der Waals surface area (Å²) in [7, 11) is 0. The number of hydrogen-bond donors (Lipinski definition) is 0. The maximum atomic E-state index is 15.2. The predicted octanol–water partition coefficient (Wildman–Crippen LogP) is 16.2. The lowest BCUT2D eigenvalue weighted by molar-refractivity contribution is -0.137. The number of furan rings is 2. The number of alkyl halides is 3. The average Bonchev–Trinajstić information content (AvgIpc) is 4.08. The molecule has 0 saturated heterocycles. The van der Waals surface area contributed by atoms with Crippen LogP contribution in [0.5, 0.6) is 0 Å². The SMILES string of the molecule is Cc1cccc(C(F)(F)F)c1-c1ccc(-n2c3ccccc3c3c4oc5ccccc5c4ccc32)cc1-c1cc(C#N)ccc1-n1c2ccccc2c2c3oc4ccccc4c3ccc21. The molecule has 0 atom stereocenters. The highest BCUT2D eigenvalue weighted by molar-refractivity contribution is 6.25. The third-order valence-corrected chi connectivity index (χ3v) is 13.1. The maximum absolute atomic E-state index is 15.2. The average molecular weight is 848 g/mol. The van der Waals surface area contributed by atoms with Crippen molar-refractivity contribution in [2.24, 2.45) is 0 Å². The van der Waals surface area contributed by atoms with Gasteiger partial charge < -0.3 is 18.0 Å². The Bertz CT molecular complexity index is 4210. The first kappa shape index (κ1) is 37.1. The molecular formula is C57H32F3N3O2. The Balaban J connectivity index is 1.16. The molecule has 0 radical (unpaired) electrons. The van der Waals surface area contributed by atoms with Gasteiger partial charge in [-0.3, -0.25) is 0 Å². The van der Waals surface area contributed by atoms with Crippen molar-refractivity contribution in [3.05, 3.63) is 193 Å². The minimum absolute atomic E-state index is 0.0762. The summed E-state index contributed by atoms with van der Waals surface area (Å²) in [5, 5.41) is 18.3. The number of fused-ring (bicyclic) bond motifs is 14. The number of hydrogen-bond acceptors (Lipinski definition) is 3. The van der Waals surface area contributed by atoms with E-state index in [4.69, 9.17) is 8.83 Å². The van der Waals surface area contributed by atoms with Crippen LogP contribution in [0.4, 0.5) is 13.2 Å². The molecule has 5 nitrogen and oxygen atoms in total. The second kappa shape index (κ2) is 13.5. The molecule has 0 bridgehead atoms. The third kappa shape index (κ3) is 5.27. The van der Waals surface area contributed by atoms with Crippen LogP contribution in [0.25, 0.3) is 121 Å². The van der Waals surface area contributed by atoms with E-state index in [9.17, 15) is 5.26 Å². The number of halogens is 3. The molecule has 0 fully saturated rings. The van der Waals surface area contributed by atoms with Gasteiger partial charge in [0.15, 0.2) is 0 Å². The Labute approximate surface area is 368 Å². The highest BCUT2D eigenvalue weighted by Gasteiger charge is 2.35. The molecule has 4 heterocycles. The minimum Gasteiger partial charge on any atom is -0.455 e. The van der Waals surface area contributed by atoms with Crippen molar-refractivity contribution in [1.82, 2.24) is 9.13 Å². The molecule has 0 aliphatic heterocycles. The Morgan fingerprint density at radius 1 is 0.477 bits per heavy atom. The van der Waals surface area contributed by atoms with Gasteiger partial charge in [0.1, 0.15) is 22.3 Å². The van der Waals surface area contributed by atoms with E-state index in [-0.39, 0.29) is 5.56 Å². The summed E-state index contributed by atoms with van der Waals surface area (Å²) in [6.07, 6.45) is -4.65. The monoisotopic (exact) mass is 847 g/mol. The molecule has 0 amide bonds. The van der Waals surface area contributed by atoms with Gasteiger partial charge in [0.2, 0.25) is 0 Å². The molecule has 4 aromatic heterocycles. The highest BCUT2D eigenvalue weighted by Crippen LogP contribution is 2.48. The van der Waals surface area contributed by atoms with Gasteiger partial charge in [-0.05, 0) is 114 Å². The van der Waals surface area contributed by atoms with E-state index in [1.807, 2.05) is 84.9 Å². The van der Waals surface area contributed by atoms with Crippen LogP contribution in [0.1, 0.15) is 16.7 Å². The Kier molecular flexibility index (Phi) is 7.68. The zero-order valence-electron chi connectivity index (χ0n) is 34.5. The molecule has 8 heteroatoms. The molecule has 9 aromatic carbocycles. The van der Waals surface area contributed by atoms with Crippen molar-refractivity contribution < 1.29 is 22.0 Å². The summed E-state index contributed by atoms with van der Waals surface area (Å²) < 4.78 is 63.1. The van der Waals surface area contributed by atoms with Crippen LogP contribution in [0.3, 0.4) is 0 Å². The highest BCUT2D eigenvalue weighted by atomic mass is 19.4. The van der Waals surface area contributed by atoms with Crippen LogP contribution in [0.2, 0.25) is 0 Å². The van der Waals surface area contributed by atoms with Gasteiger partial charge in [-0.1, -0.05) is 91.0 Å². The van der Waals surface area contributed by atoms with Gasteiger partial charge in [0.25, 0.3) is 0 Å². The van der Waals surface area contributed by atoms with E-state index in [2.05, 4.69) is 69.8 Å². The zero-order chi connectivity index (χ0) is 43.7. The fourth-order valence-electron chi connectivity index (χ4n) is 10.4. The van der Waals surface area contributed by atoms with Crippen LogP contribution in [-0.2, 0) is 6.18 Å². The lowest BCUT2D eigenvalue weighted by atomic mass is 9.87. The molecule has 308 valence electrons. The van der Waals surface area contributed by atoms with E-state index in [0.29, 0.717) is 33.5 Å². The van der Waals surface area contributed by atoms with Crippen LogP contribution in [-0.4, -0.2) is 9.13 Å². The summed E-state index contributed by atoms with van der Waals surface area (Å²) in [6.45, 7) is 1.71. The van der Waals surface area contributed by atoms with Gasteiger partial charge in [0, 0.05) is 43.6 Å². The summed E-state index contributed by atoms with van der Waals surface area (Å²) in [5.74, 6) is 0. The van der Waals surface area contributed by atoms with Crippen molar-refractivity contribution in [2.45, 2.75) is 13.1 Å². The number of aromatic nitrogens is 2. The van der Waals surface area contributed by atoms with Crippen LogP contribution < -0.4 is 0 Å². The number of para-hydroxylation sites is 4. The van der Waals surface area contributed by atoms with Crippen molar-refractivity contribution in [3.8, 4) is 39.7 Å². The quantitative estimate of drug-likeness (QED) is 0.177. The summed E-state index contributed by atoms with van der Waals surface area (Å²) in [4.78, 5) is 0. The Morgan fingerprint density at radius 3 is 1.66 bits per heavy atom. The van der Waals surface area contributed by atoms with Gasteiger partial charge in [-0.2, -0.15) is 18.4 Å². The van der Waals surface area contributed by atoms with E-state index in [1.54, 1.807) is 31.2 Å². The molecular weight excluding hydrogens is 816 g/mol. The molecule has 0 unspecified atom stereocenters. The van der Waals surface area contributed by atoms with E-state index in [0.717, 1.165) is 99.2 Å². The Hall–Kier alpha value is -8.54. The number of aryl methyl sites for hydroxylation is 1. The molecule has 0 saturated carbocycles. The summed E-state index contributed by atoms with van der Waals surface area (Å²) in [6, 6.07) is 58.3. The minimum atomic E-state index is -4.65. The van der Waals surface area contributed by atoms with Crippen LogP contribution in [0.15, 0.2) is 185 Å². The molecule has 0 aliphatic rings. The normalized spacial score (nSPS) is 12.3. The second-order valence-electron chi connectivity index (χ2n) is 16.6. The van der Waals surface area contributed by atoms with E-state index in [1.165, 1.54) is 6.07 Å². The molecule has 65 heavy (non-hydrogen) atoms. The Morgan fingerprint density at radius 2 is 1.05 bits per heavy atom. The third-order valence-electron chi connectivity index (χ3n) is 13.1.